The molecule has 0 amide bonds. The third kappa shape index (κ3) is 3.04. The zero-order valence-electron chi connectivity index (χ0n) is 9.99. The lowest BCUT2D eigenvalue weighted by Crippen LogP contribution is -2.29. The van der Waals surface area contributed by atoms with Crippen molar-refractivity contribution >= 4 is 9.84 Å². The van der Waals surface area contributed by atoms with E-state index in [1.54, 1.807) is 20.8 Å². The largest absolute Gasteiger partial charge is 0.228 e. The van der Waals surface area contributed by atoms with Crippen molar-refractivity contribution in [3.05, 3.63) is 35.1 Å². The molecule has 0 fully saturated rings. The topological polar surface area (TPSA) is 57.9 Å². The number of benzene rings is 1. The summed E-state index contributed by atoms with van der Waals surface area (Å²) in [4.78, 5) is 0. The van der Waals surface area contributed by atoms with Crippen LogP contribution in [0.3, 0.4) is 0 Å². The molecular weight excluding hydrogens is 241 g/mol. The molecule has 0 saturated carbocycles. The number of hydrogen-bond acceptors (Lipinski definition) is 3. The lowest BCUT2D eigenvalue weighted by Gasteiger charge is -2.19. The van der Waals surface area contributed by atoms with Crippen LogP contribution in [0.4, 0.5) is 4.39 Å². The van der Waals surface area contributed by atoms with Gasteiger partial charge in [-0.3, -0.25) is 0 Å². The van der Waals surface area contributed by atoms with Crippen LogP contribution < -0.4 is 0 Å². The lowest BCUT2D eigenvalue weighted by atomic mass is 10.1. The summed E-state index contributed by atoms with van der Waals surface area (Å²) < 4.78 is 36.1. The minimum absolute atomic E-state index is 0.194. The van der Waals surface area contributed by atoms with Crippen molar-refractivity contribution in [3.8, 4) is 6.07 Å². The van der Waals surface area contributed by atoms with E-state index < -0.39 is 20.4 Å². The first-order chi connectivity index (χ1) is 7.67. The molecule has 0 saturated heterocycles. The van der Waals surface area contributed by atoms with E-state index in [0.717, 1.165) is 12.1 Å². The van der Waals surface area contributed by atoms with Gasteiger partial charge in [0.15, 0.2) is 9.84 Å². The van der Waals surface area contributed by atoms with Gasteiger partial charge in [0.05, 0.1) is 22.1 Å². The van der Waals surface area contributed by atoms with E-state index in [-0.39, 0.29) is 16.9 Å². The fraction of sp³-hybridized carbons (Fsp3) is 0.417. The highest BCUT2D eigenvalue weighted by Crippen LogP contribution is 2.22. The summed E-state index contributed by atoms with van der Waals surface area (Å²) in [6, 6.07) is 5.40. The SMILES string of the molecule is CC(C)(C)S(=O)(=O)Cc1cc(F)ccc1C#N. The average molecular weight is 255 g/mol. The Morgan fingerprint density at radius 1 is 1.35 bits per heavy atom. The second-order valence-corrected chi connectivity index (χ2v) is 7.53. The van der Waals surface area contributed by atoms with E-state index in [9.17, 15) is 12.8 Å². The number of nitriles is 1. The Morgan fingerprint density at radius 3 is 2.41 bits per heavy atom. The molecule has 0 spiro atoms. The standard InChI is InChI=1S/C12H14FNO2S/c1-12(2,3)17(15,16)8-10-6-11(13)5-4-9(10)7-14/h4-6H,8H2,1-3H3. The van der Waals surface area contributed by atoms with Crippen LogP contribution in [-0.2, 0) is 15.6 Å². The molecule has 3 nitrogen and oxygen atoms in total. The molecule has 0 unspecified atom stereocenters. The minimum Gasteiger partial charge on any atom is -0.228 e. The van der Waals surface area contributed by atoms with Crippen molar-refractivity contribution in [2.75, 3.05) is 0 Å². The number of nitrogens with zero attached hydrogens (tertiary/aromatic N) is 1. The van der Waals surface area contributed by atoms with Crippen molar-refractivity contribution in [3.63, 3.8) is 0 Å². The normalized spacial score (nSPS) is 12.2. The number of sulfone groups is 1. The van der Waals surface area contributed by atoms with Crippen molar-refractivity contribution in [1.29, 1.82) is 5.26 Å². The predicted octanol–water partition coefficient (Wildman–Crippen LogP) is 2.41. The third-order valence-electron chi connectivity index (χ3n) is 2.47. The van der Waals surface area contributed by atoms with E-state index >= 15 is 0 Å². The van der Waals surface area contributed by atoms with Gasteiger partial charge in [0.2, 0.25) is 0 Å². The Hall–Kier alpha value is -1.41. The number of halogens is 1. The molecule has 0 radical (unpaired) electrons. The quantitative estimate of drug-likeness (QED) is 0.815. The van der Waals surface area contributed by atoms with E-state index in [1.165, 1.54) is 6.07 Å². The molecule has 1 rings (SSSR count). The van der Waals surface area contributed by atoms with Crippen molar-refractivity contribution in [2.24, 2.45) is 0 Å². The summed E-state index contributed by atoms with van der Waals surface area (Å²) >= 11 is 0. The van der Waals surface area contributed by atoms with Gasteiger partial charge in [0.25, 0.3) is 0 Å². The second-order valence-electron chi connectivity index (χ2n) is 4.78. The van der Waals surface area contributed by atoms with E-state index in [2.05, 4.69) is 0 Å². The Kier molecular flexibility index (Phi) is 3.58. The molecule has 0 heterocycles. The average Bonchev–Trinajstić information content (AvgIpc) is 2.15. The Morgan fingerprint density at radius 2 is 1.94 bits per heavy atom. The molecule has 1 aromatic carbocycles. The molecule has 0 aliphatic rings. The van der Waals surface area contributed by atoms with Crippen LogP contribution in [0.15, 0.2) is 18.2 Å². The van der Waals surface area contributed by atoms with Gasteiger partial charge in [-0.15, -0.1) is 0 Å². The van der Waals surface area contributed by atoms with Crippen LogP contribution in [0.2, 0.25) is 0 Å². The van der Waals surface area contributed by atoms with Gasteiger partial charge in [0, 0.05) is 0 Å². The fourth-order valence-corrected chi connectivity index (χ4v) is 2.29. The highest BCUT2D eigenvalue weighted by molar-refractivity contribution is 7.91. The van der Waals surface area contributed by atoms with Gasteiger partial charge < -0.3 is 0 Å². The monoisotopic (exact) mass is 255 g/mol. The van der Waals surface area contributed by atoms with Crippen LogP contribution in [0.1, 0.15) is 31.9 Å². The van der Waals surface area contributed by atoms with Gasteiger partial charge in [-0.25, -0.2) is 12.8 Å². The van der Waals surface area contributed by atoms with Gasteiger partial charge in [-0.05, 0) is 44.5 Å². The predicted molar refractivity (Wildman–Crippen MR) is 63.5 cm³/mol. The zero-order valence-corrected chi connectivity index (χ0v) is 10.8. The molecule has 0 aliphatic carbocycles. The van der Waals surface area contributed by atoms with E-state index in [1.807, 2.05) is 6.07 Å². The van der Waals surface area contributed by atoms with Crippen LogP contribution in [0.5, 0.6) is 0 Å². The molecule has 0 aliphatic heterocycles. The molecule has 92 valence electrons. The van der Waals surface area contributed by atoms with Crippen molar-refractivity contribution in [2.45, 2.75) is 31.3 Å². The first kappa shape index (κ1) is 13.7. The van der Waals surface area contributed by atoms with Crippen LogP contribution in [0, 0.1) is 17.1 Å². The number of hydrogen-bond donors (Lipinski definition) is 0. The van der Waals surface area contributed by atoms with Gasteiger partial charge >= 0.3 is 0 Å². The maximum Gasteiger partial charge on any atom is 0.159 e. The zero-order chi connectivity index (χ0) is 13.3. The highest BCUT2D eigenvalue weighted by atomic mass is 32.2. The molecule has 17 heavy (non-hydrogen) atoms. The number of rotatable bonds is 2. The summed E-state index contributed by atoms with van der Waals surface area (Å²) in [6.45, 7) is 4.73. The lowest BCUT2D eigenvalue weighted by molar-refractivity contribution is 0.559. The Bertz CT molecular complexity index is 565. The summed E-state index contributed by atoms with van der Waals surface area (Å²) in [5, 5.41) is 8.84. The van der Waals surface area contributed by atoms with Gasteiger partial charge in [-0.2, -0.15) is 5.26 Å². The minimum atomic E-state index is -3.42. The Labute approximate surface area is 101 Å². The molecule has 5 heteroatoms. The molecular formula is C12H14FNO2S. The van der Waals surface area contributed by atoms with Gasteiger partial charge in [0.1, 0.15) is 5.82 Å². The molecule has 0 bridgehead atoms. The van der Waals surface area contributed by atoms with Crippen molar-refractivity contribution < 1.29 is 12.8 Å². The summed E-state index contributed by atoms with van der Waals surface area (Å²) in [6.07, 6.45) is 0. The summed E-state index contributed by atoms with van der Waals surface area (Å²) in [5.74, 6) is -0.861. The summed E-state index contributed by atoms with van der Waals surface area (Å²) in [5.41, 5.74) is 0.404. The van der Waals surface area contributed by atoms with Crippen LogP contribution in [0.25, 0.3) is 0 Å². The molecule has 1 aromatic rings. The second kappa shape index (κ2) is 4.46. The maximum absolute atomic E-state index is 13.1. The first-order valence-electron chi connectivity index (χ1n) is 5.08. The summed E-state index contributed by atoms with van der Waals surface area (Å²) in [7, 11) is -3.42. The van der Waals surface area contributed by atoms with Crippen molar-refractivity contribution in [1.82, 2.24) is 0 Å². The maximum atomic E-state index is 13.1. The third-order valence-corrected chi connectivity index (χ3v) is 5.02. The fourth-order valence-electron chi connectivity index (χ4n) is 1.21. The van der Waals surface area contributed by atoms with Gasteiger partial charge in [-0.1, -0.05) is 0 Å². The Balaban J connectivity index is 3.22. The van der Waals surface area contributed by atoms with Crippen LogP contribution >= 0.6 is 0 Å². The van der Waals surface area contributed by atoms with E-state index in [4.69, 9.17) is 5.26 Å². The molecule has 0 atom stereocenters. The molecule has 0 N–H and O–H groups in total. The first-order valence-corrected chi connectivity index (χ1v) is 6.73. The molecule has 0 aromatic heterocycles. The highest BCUT2D eigenvalue weighted by Gasteiger charge is 2.29. The van der Waals surface area contributed by atoms with Crippen LogP contribution in [-0.4, -0.2) is 13.2 Å². The van der Waals surface area contributed by atoms with E-state index in [0.29, 0.717) is 0 Å². The smallest absolute Gasteiger partial charge is 0.159 e.